The smallest absolute Gasteiger partial charge is 0.365 e. The highest BCUT2D eigenvalue weighted by molar-refractivity contribution is 6.27. The van der Waals surface area contributed by atoms with Crippen molar-refractivity contribution < 1.29 is 14.3 Å². The third kappa shape index (κ3) is 2.17. The van der Waals surface area contributed by atoms with E-state index in [2.05, 4.69) is 11.6 Å². The Morgan fingerprint density at radius 1 is 1.86 bits per heavy atom. The Labute approximate surface area is 44.2 Å². The highest BCUT2D eigenvalue weighted by Gasteiger charge is 2.00. The van der Waals surface area contributed by atoms with Gasteiger partial charge in [-0.1, -0.05) is 11.6 Å². The molecule has 1 N–H and O–H groups in total. The number of carbonyl (C=O) groups is 1. The summed E-state index contributed by atoms with van der Waals surface area (Å²) >= 11 is 4.63. The van der Waals surface area contributed by atoms with Crippen molar-refractivity contribution in [1.29, 1.82) is 0 Å². The first-order valence-corrected chi connectivity index (χ1v) is 1.81. The molecule has 0 heterocycles. The van der Waals surface area contributed by atoms with Crippen LogP contribution in [0.4, 0.5) is 4.39 Å². The van der Waals surface area contributed by atoms with Crippen molar-refractivity contribution in [2.45, 2.75) is 0 Å². The van der Waals surface area contributed by atoms with Crippen molar-refractivity contribution in [3.63, 3.8) is 0 Å². The molecule has 0 bridgehead atoms. The molecule has 0 aromatic heterocycles. The Hall–Kier alpha value is -0.570. The molecule has 4 heteroatoms. The molecule has 0 radical (unpaired) electrons. The van der Waals surface area contributed by atoms with Crippen LogP contribution in [0.2, 0.25) is 0 Å². The second-order valence-corrected chi connectivity index (χ2v) is 0.980. The minimum absolute atomic E-state index is 0.363. The van der Waals surface area contributed by atoms with Crippen molar-refractivity contribution in [3.05, 3.63) is 11.4 Å². The second-order valence-electron chi connectivity index (χ2n) is 0.762. The fourth-order valence-electron chi connectivity index (χ4n) is 0.0467. The van der Waals surface area contributed by atoms with Crippen LogP contribution in [0.5, 0.6) is 0 Å². The summed E-state index contributed by atoms with van der Waals surface area (Å²) in [4.78, 5) is 9.40. The van der Waals surface area contributed by atoms with Gasteiger partial charge in [-0.25, -0.2) is 4.79 Å². The van der Waals surface area contributed by atoms with Gasteiger partial charge in [-0.05, 0) is 0 Å². The summed E-state index contributed by atoms with van der Waals surface area (Å²) in [5.74, 6) is -2.99. The molecule has 0 aliphatic heterocycles. The molecule has 2 nitrogen and oxygen atoms in total. The lowest BCUT2D eigenvalue weighted by Crippen LogP contribution is -1.92. The molecule has 0 spiro atoms. The molecule has 0 saturated heterocycles. The lowest BCUT2D eigenvalue weighted by atomic mass is 10.6. The van der Waals surface area contributed by atoms with E-state index in [0.717, 1.165) is 0 Å². The maximum Gasteiger partial charge on any atom is 0.365 e. The minimum Gasteiger partial charge on any atom is -0.476 e. The third-order valence-corrected chi connectivity index (χ3v) is 0.492. The molecule has 0 rings (SSSR count). The van der Waals surface area contributed by atoms with E-state index in [1.807, 2.05) is 0 Å². The number of carboxylic acid groups (broad SMARTS) is 1. The first-order valence-electron chi connectivity index (χ1n) is 1.37. The van der Waals surface area contributed by atoms with Crippen LogP contribution in [0.3, 0.4) is 0 Å². The van der Waals surface area contributed by atoms with Gasteiger partial charge in [-0.2, -0.15) is 4.39 Å². The topological polar surface area (TPSA) is 37.3 Å². The largest absolute Gasteiger partial charge is 0.476 e. The molecule has 7 heavy (non-hydrogen) atoms. The normalized spacial score (nSPS) is 11.4. The molecule has 0 aliphatic rings. The highest BCUT2D eigenvalue weighted by atomic mass is 35.5. The SMILES string of the molecule is O=C(O)/C(F)=C/Cl. The molecule has 0 unspecified atom stereocenters. The molecular formula is C3H2ClFO2. The Morgan fingerprint density at radius 2 is 2.29 bits per heavy atom. The van der Waals surface area contributed by atoms with Gasteiger partial charge in [-0.3, -0.25) is 0 Å². The summed E-state index contributed by atoms with van der Waals surface area (Å²) in [7, 11) is 0. The van der Waals surface area contributed by atoms with Gasteiger partial charge in [0.25, 0.3) is 0 Å². The van der Waals surface area contributed by atoms with Gasteiger partial charge in [0.1, 0.15) is 0 Å². The maximum absolute atomic E-state index is 11.4. The Bertz CT molecular complexity index is 110. The van der Waals surface area contributed by atoms with Crippen molar-refractivity contribution in [2.75, 3.05) is 0 Å². The Kier molecular flexibility index (Phi) is 2.37. The van der Waals surface area contributed by atoms with Crippen molar-refractivity contribution in [3.8, 4) is 0 Å². The van der Waals surface area contributed by atoms with Crippen LogP contribution in [0.15, 0.2) is 11.4 Å². The van der Waals surface area contributed by atoms with Gasteiger partial charge in [-0.15, -0.1) is 0 Å². The van der Waals surface area contributed by atoms with Gasteiger partial charge in [0.15, 0.2) is 0 Å². The quantitative estimate of drug-likeness (QED) is 0.532. The van der Waals surface area contributed by atoms with Gasteiger partial charge in [0.2, 0.25) is 5.83 Å². The fourth-order valence-corrected chi connectivity index (χ4v) is 0.140. The zero-order chi connectivity index (χ0) is 5.86. The highest BCUT2D eigenvalue weighted by Crippen LogP contribution is 1.96. The van der Waals surface area contributed by atoms with Crippen LogP contribution < -0.4 is 0 Å². The summed E-state index contributed by atoms with van der Waals surface area (Å²) < 4.78 is 11.4. The molecule has 0 fully saturated rings. The average Bonchev–Trinajstić information content (AvgIpc) is 1.65. The number of hydrogen-bond acceptors (Lipinski definition) is 1. The van der Waals surface area contributed by atoms with Gasteiger partial charge in [0, 0.05) is 5.54 Å². The van der Waals surface area contributed by atoms with Crippen LogP contribution in [-0.2, 0) is 4.79 Å². The lowest BCUT2D eigenvalue weighted by Gasteiger charge is -1.78. The predicted octanol–water partition coefficient (Wildman–Crippen LogP) is 1.12. The standard InChI is InChI=1S/C3H2ClFO2/c4-1-2(5)3(6)7/h1H,(H,6,7)/b2-1-. The monoisotopic (exact) mass is 124 g/mol. The zero-order valence-corrected chi connectivity index (χ0v) is 3.94. The molecule has 0 aromatic carbocycles. The van der Waals surface area contributed by atoms with Crippen LogP contribution >= 0.6 is 11.6 Å². The third-order valence-electron chi connectivity index (χ3n) is 0.300. The van der Waals surface area contributed by atoms with Crippen molar-refractivity contribution in [1.82, 2.24) is 0 Å². The summed E-state index contributed by atoms with van der Waals surface area (Å²) in [5, 5.41) is 7.65. The summed E-state index contributed by atoms with van der Waals surface area (Å²) in [6.07, 6.45) is 0. The van der Waals surface area contributed by atoms with Gasteiger partial charge in [0.05, 0.1) is 0 Å². The van der Waals surface area contributed by atoms with E-state index in [-0.39, 0.29) is 0 Å². The number of aliphatic carboxylic acids is 1. The number of halogens is 2. The van der Waals surface area contributed by atoms with Crippen molar-refractivity contribution in [2.24, 2.45) is 0 Å². The van der Waals surface area contributed by atoms with Crippen molar-refractivity contribution >= 4 is 17.6 Å². The van der Waals surface area contributed by atoms with E-state index in [0.29, 0.717) is 5.54 Å². The van der Waals surface area contributed by atoms with E-state index in [4.69, 9.17) is 5.11 Å². The summed E-state index contributed by atoms with van der Waals surface area (Å²) in [6, 6.07) is 0. The second kappa shape index (κ2) is 2.58. The first-order chi connectivity index (χ1) is 3.18. The molecule has 0 aromatic rings. The Balaban J connectivity index is 3.82. The van der Waals surface area contributed by atoms with Crippen LogP contribution in [0.1, 0.15) is 0 Å². The first kappa shape index (κ1) is 6.43. The molecular weight excluding hydrogens is 122 g/mol. The summed E-state index contributed by atoms with van der Waals surface area (Å²) in [5.41, 5.74) is 0.363. The lowest BCUT2D eigenvalue weighted by molar-refractivity contribution is -0.134. The number of rotatable bonds is 1. The fraction of sp³-hybridized carbons (Fsp3) is 0. The maximum atomic E-state index is 11.4. The molecule has 0 amide bonds. The Morgan fingerprint density at radius 3 is 2.29 bits per heavy atom. The van der Waals surface area contributed by atoms with E-state index in [1.54, 1.807) is 0 Å². The van der Waals surface area contributed by atoms with E-state index in [9.17, 15) is 9.18 Å². The predicted molar refractivity (Wildman–Crippen MR) is 22.7 cm³/mol. The summed E-state index contributed by atoms with van der Waals surface area (Å²) in [6.45, 7) is 0. The van der Waals surface area contributed by atoms with E-state index >= 15 is 0 Å². The molecule has 40 valence electrons. The van der Waals surface area contributed by atoms with Crippen LogP contribution in [0, 0.1) is 0 Å². The van der Waals surface area contributed by atoms with Crippen LogP contribution in [0.25, 0.3) is 0 Å². The minimum atomic E-state index is -1.64. The zero-order valence-electron chi connectivity index (χ0n) is 3.19. The number of hydrogen-bond donors (Lipinski definition) is 1. The van der Waals surface area contributed by atoms with Gasteiger partial charge < -0.3 is 5.11 Å². The molecule has 0 aliphatic carbocycles. The van der Waals surface area contributed by atoms with E-state index in [1.165, 1.54) is 0 Å². The van der Waals surface area contributed by atoms with Gasteiger partial charge >= 0.3 is 5.97 Å². The average molecular weight is 124 g/mol. The molecule has 0 atom stereocenters. The molecule has 0 saturated carbocycles. The van der Waals surface area contributed by atoms with Crippen LogP contribution in [-0.4, -0.2) is 11.1 Å². The number of carboxylic acids is 1. The van der Waals surface area contributed by atoms with E-state index < -0.39 is 11.8 Å².